The van der Waals surface area contributed by atoms with Crippen molar-refractivity contribution >= 4 is 11.7 Å². The summed E-state index contributed by atoms with van der Waals surface area (Å²) in [5.74, 6) is 0.323. The molecule has 0 spiro atoms. The molecule has 0 aliphatic rings. The molecule has 0 saturated carbocycles. The maximum absolute atomic E-state index is 13.0. The van der Waals surface area contributed by atoms with Crippen molar-refractivity contribution in [2.75, 3.05) is 19.0 Å². The third kappa shape index (κ3) is 4.49. The second-order valence-corrected chi connectivity index (χ2v) is 4.46. The van der Waals surface area contributed by atoms with Crippen LogP contribution in [0.3, 0.4) is 0 Å². The van der Waals surface area contributed by atoms with E-state index >= 15 is 0 Å². The normalized spacial score (nSPS) is 10.0. The molecule has 2 amide bonds. The zero-order chi connectivity index (χ0) is 15.1. The largest absolute Gasteiger partial charge is 0.495 e. The highest BCUT2D eigenvalue weighted by Crippen LogP contribution is 2.22. The zero-order valence-electron chi connectivity index (χ0n) is 11.7. The molecule has 4 nitrogen and oxygen atoms in total. The van der Waals surface area contributed by atoms with E-state index in [9.17, 15) is 9.18 Å². The molecule has 0 atom stereocenters. The van der Waals surface area contributed by atoms with E-state index in [1.807, 2.05) is 18.2 Å². The van der Waals surface area contributed by atoms with E-state index in [-0.39, 0.29) is 11.8 Å². The van der Waals surface area contributed by atoms with Crippen LogP contribution in [0.15, 0.2) is 48.5 Å². The summed E-state index contributed by atoms with van der Waals surface area (Å²) in [6, 6.07) is 13.2. The fourth-order valence-corrected chi connectivity index (χ4v) is 1.93. The van der Waals surface area contributed by atoms with E-state index in [1.54, 1.807) is 25.3 Å². The van der Waals surface area contributed by atoms with Crippen LogP contribution in [0.5, 0.6) is 5.75 Å². The fraction of sp³-hybridized carbons (Fsp3) is 0.188. The molecule has 0 unspecified atom stereocenters. The average molecular weight is 288 g/mol. The van der Waals surface area contributed by atoms with E-state index in [0.717, 1.165) is 5.56 Å². The van der Waals surface area contributed by atoms with Crippen molar-refractivity contribution in [1.29, 1.82) is 0 Å². The molecular weight excluding hydrogens is 271 g/mol. The Bertz CT molecular complexity index is 617. The molecule has 0 aromatic heterocycles. The average Bonchev–Trinajstić information content (AvgIpc) is 2.48. The summed E-state index contributed by atoms with van der Waals surface area (Å²) in [7, 11) is 1.54. The fourth-order valence-electron chi connectivity index (χ4n) is 1.93. The molecule has 2 rings (SSSR count). The highest BCUT2D eigenvalue weighted by Gasteiger charge is 2.06. The number of urea groups is 1. The van der Waals surface area contributed by atoms with Gasteiger partial charge in [-0.1, -0.05) is 24.3 Å². The first-order valence-electron chi connectivity index (χ1n) is 6.61. The molecule has 2 N–H and O–H groups in total. The van der Waals surface area contributed by atoms with Gasteiger partial charge in [0.1, 0.15) is 11.6 Å². The van der Waals surface area contributed by atoms with Crippen molar-refractivity contribution in [3.8, 4) is 5.75 Å². The number of hydrogen-bond acceptors (Lipinski definition) is 2. The summed E-state index contributed by atoms with van der Waals surface area (Å²) in [4.78, 5) is 11.8. The number of benzene rings is 2. The molecule has 0 fully saturated rings. The molecule has 5 heteroatoms. The smallest absolute Gasteiger partial charge is 0.319 e. The third-order valence-corrected chi connectivity index (χ3v) is 2.94. The standard InChI is InChI=1S/C16H17FN2O2/c1-21-15-8-3-2-7-14(15)19-16(20)18-10-9-12-5-4-6-13(17)11-12/h2-8,11H,9-10H2,1H3,(H2,18,19,20). The van der Waals surface area contributed by atoms with Gasteiger partial charge in [-0.05, 0) is 36.2 Å². The molecule has 21 heavy (non-hydrogen) atoms. The van der Waals surface area contributed by atoms with Crippen LogP contribution in [0.1, 0.15) is 5.56 Å². The second-order valence-electron chi connectivity index (χ2n) is 4.46. The van der Waals surface area contributed by atoms with Gasteiger partial charge >= 0.3 is 6.03 Å². The van der Waals surface area contributed by atoms with E-state index in [0.29, 0.717) is 24.4 Å². The number of amides is 2. The Balaban J connectivity index is 1.82. The monoisotopic (exact) mass is 288 g/mol. The van der Waals surface area contributed by atoms with Gasteiger partial charge in [0, 0.05) is 6.54 Å². The molecule has 0 aliphatic heterocycles. The number of carbonyl (C=O) groups is 1. The summed E-state index contributed by atoms with van der Waals surface area (Å²) in [5.41, 5.74) is 1.44. The maximum atomic E-state index is 13.0. The van der Waals surface area contributed by atoms with Gasteiger partial charge in [-0.2, -0.15) is 0 Å². The minimum absolute atomic E-state index is 0.272. The van der Waals surface area contributed by atoms with Crippen molar-refractivity contribution in [1.82, 2.24) is 5.32 Å². The van der Waals surface area contributed by atoms with Crippen molar-refractivity contribution in [3.63, 3.8) is 0 Å². The van der Waals surface area contributed by atoms with Crippen LogP contribution in [0.2, 0.25) is 0 Å². The number of carbonyl (C=O) groups excluding carboxylic acids is 1. The minimum Gasteiger partial charge on any atom is -0.495 e. The summed E-state index contributed by atoms with van der Waals surface area (Å²) in [6.45, 7) is 0.421. The number of nitrogens with one attached hydrogen (secondary N) is 2. The van der Waals surface area contributed by atoms with Gasteiger partial charge < -0.3 is 15.4 Å². The number of hydrogen-bond donors (Lipinski definition) is 2. The predicted octanol–water partition coefficient (Wildman–Crippen LogP) is 3.20. The first-order chi connectivity index (χ1) is 10.2. The molecule has 0 heterocycles. The molecule has 2 aromatic carbocycles. The van der Waals surface area contributed by atoms with Gasteiger partial charge in [0.15, 0.2) is 0 Å². The highest BCUT2D eigenvalue weighted by molar-refractivity contribution is 5.90. The molecule has 0 bridgehead atoms. The van der Waals surface area contributed by atoms with Crippen molar-refractivity contribution in [2.24, 2.45) is 0 Å². The van der Waals surface area contributed by atoms with Gasteiger partial charge in [-0.15, -0.1) is 0 Å². The number of anilines is 1. The first kappa shape index (κ1) is 14.8. The van der Waals surface area contributed by atoms with Gasteiger partial charge in [-0.25, -0.2) is 9.18 Å². The van der Waals surface area contributed by atoms with Crippen LogP contribution in [-0.2, 0) is 6.42 Å². The first-order valence-corrected chi connectivity index (χ1v) is 6.61. The van der Waals surface area contributed by atoms with Gasteiger partial charge in [0.05, 0.1) is 12.8 Å². The van der Waals surface area contributed by atoms with E-state index in [1.165, 1.54) is 12.1 Å². The van der Waals surface area contributed by atoms with E-state index in [4.69, 9.17) is 4.74 Å². The van der Waals surface area contributed by atoms with Crippen LogP contribution in [0, 0.1) is 5.82 Å². The number of halogens is 1. The Morgan fingerprint density at radius 3 is 2.76 bits per heavy atom. The SMILES string of the molecule is COc1ccccc1NC(=O)NCCc1cccc(F)c1. The lowest BCUT2D eigenvalue weighted by molar-refractivity contribution is 0.252. The minimum atomic E-state index is -0.323. The number of para-hydroxylation sites is 2. The summed E-state index contributed by atoms with van der Waals surface area (Å²) >= 11 is 0. The molecule has 0 saturated heterocycles. The maximum Gasteiger partial charge on any atom is 0.319 e. The summed E-state index contributed by atoms with van der Waals surface area (Å²) in [6.07, 6.45) is 0.567. The predicted molar refractivity (Wildman–Crippen MR) is 80.1 cm³/mol. The molecule has 0 radical (unpaired) electrons. The lowest BCUT2D eigenvalue weighted by Crippen LogP contribution is -2.30. The summed E-state index contributed by atoms with van der Waals surface area (Å²) in [5, 5.41) is 5.43. The lowest BCUT2D eigenvalue weighted by Gasteiger charge is -2.10. The Hall–Kier alpha value is -2.56. The molecule has 0 aliphatic carbocycles. The number of rotatable bonds is 5. The van der Waals surface area contributed by atoms with Crippen LogP contribution in [-0.4, -0.2) is 19.7 Å². The van der Waals surface area contributed by atoms with Crippen molar-refractivity contribution < 1.29 is 13.9 Å². The number of methoxy groups -OCH3 is 1. The Kier molecular flexibility index (Phi) is 5.15. The highest BCUT2D eigenvalue weighted by atomic mass is 19.1. The van der Waals surface area contributed by atoms with E-state index in [2.05, 4.69) is 10.6 Å². The summed E-state index contributed by atoms with van der Waals surface area (Å²) < 4.78 is 18.2. The van der Waals surface area contributed by atoms with Gasteiger partial charge in [0.2, 0.25) is 0 Å². The Morgan fingerprint density at radius 2 is 2.00 bits per heavy atom. The zero-order valence-corrected chi connectivity index (χ0v) is 11.7. The molecular formula is C16H17FN2O2. The molecule has 2 aromatic rings. The quantitative estimate of drug-likeness (QED) is 0.887. The number of ether oxygens (including phenoxy) is 1. The van der Waals surface area contributed by atoms with Crippen molar-refractivity contribution in [3.05, 3.63) is 59.9 Å². The van der Waals surface area contributed by atoms with E-state index < -0.39 is 0 Å². The van der Waals surface area contributed by atoms with Crippen LogP contribution in [0.25, 0.3) is 0 Å². The Labute approximate surface area is 122 Å². The van der Waals surface area contributed by atoms with Crippen molar-refractivity contribution in [2.45, 2.75) is 6.42 Å². The van der Waals surface area contributed by atoms with Crippen LogP contribution in [0.4, 0.5) is 14.9 Å². The topological polar surface area (TPSA) is 50.4 Å². The van der Waals surface area contributed by atoms with Gasteiger partial charge in [0.25, 0.3) is 0 Å². The van der Waals surface area contributed by atoms with Crippen LogP contribution >= 0.6 is 0 Å². The third-order valence-electron chi connectivity index (χ3n) is 2.94. The molecule has 110 valence electrons. The van der Waals surface area contributed by atoms with Gasteiger partial charge in [-0.3, -0.25) is 0 Å². The Morgan fingerprint density at radius 1 is 1.19 bits per heavy atom. The van der Waals surface area contributed by atoms with Crippen LogP contribution < -0.4 is 15.4 Å². The lowest BCUT2D eigenvalue weighted by atomic mass is 10.1. The second kappa shape index (κ2) is 7.28.